The maximum atomic E-state index is 11.8. The lowest BCUT2D eigenvalue weighted by molar-refractivity contribution is 0.0342. The molecule has 42 heavy (non-hydrogen) atoms. The normalized spacial score (nSPS) is 15.9. The molecular formula is C31H34N6O5. The number of nitrogens with zero attached hydrogens (tertiary/aromatic N) is 6. The van der Waals surface area contributed by atoms with Crippen LogP contribution in [0.4, 0.5) is 0 Å². The summed E-state index contributed by atoms with van der Waals surface area (Å²) in [5.41, 5.74) is 5.30. The van der Waals surface area contributed by atoms with Gasteiger partial charge in [-0.1, -0.05) is 6.07 Å². The zero-order valence-electron chi connectivity index (χ0n) is 23.9. The summed E-state index contributed by atoms with van der Waals surface area (Å²) in [5, 5.41) is 0. The number of esters is 1. The first-order valence-electron chi connectivity index (χ1n) is 14.0. The van der Waals surface area contributed by atoms with Crippen LogP contribution in [-0.4, -0.2) is 89.0 Å². The Kier molecular flexibility index (Phi) is 8.40. The molecule has 2 aliphatic rings. The molecule has 6 rings (SSSR count). The third-order valence-electron chi connectivity index (χ3n) is 7.44. The Bertz CT molecular complexity index is 1530. The molecule has 0 unspecified atom stereocenters. The van der Waals surface area contributed by atoms with Gasteiger partial charge in [0.15, 0.2) is 17.2 Å². The van der Waals surface area contributed by atoms with Gasteiger partial charge in [-0.25, -0.2) is 14.8 Å². The van der Waals surface area contributed by atoms with Gasteiger partial charge in [0.2, 0.25) is 0 Å². The topological polar surface area (TPSA) is 104 Å². The monoisotopic (exact) mass is 570 g/mol. The number of imidazole rings is 1. The number of carbonyl (C=O) groups is 1. The van der Waals surface area contributed by atoms with Gasteiger partial charge in [0, 0.05) is 62.9 Å². The van der Waals surface area contributed by atoms with E-state index in [9.17, 15) is 4.79 Å². The molecule has 11 heteroatoms. The number of benzene rings is 2. The van der Waals surface area contributed by atoms with Crippen LogP contribution in [0.2, 0.25) is 0 Å². The van der Waals surface area contributed by atoms with E-state index in [0.717, 1.165) is 61.2 Å². The van der Waals surface area contributed by atoms with Gasteiger partial charge in [0.1, 0.15) is 12.4 Å². The van der Waals surface area contributed by atoms with Crippen molar-refractivity contribution >= 4 is 5.97 Å². The van der Waals surface area contributed by atoms with E-state index in [-0.39, 0.29) is 5.69 Å². The Hall–Kier alpha value is -4.32. The lowest BCUT2D eigenvalue weighted by atomic mass is 10.1. The first-order chi connectivity index (χ1) is 20.6. The van der Waals surface area contributed by atoms with Crippen LogP contribution < -0.4 is 9.47 Å². The van der Waals surface area contributed by atoms with E-state index in [2.05, 4.69) is 42.5 Å². The Morgan fingerprint density at radius 1 is 0.929 bits per heavy atom. The van der Waals surface area contributed by atoms with Crippen molar-refractivity contribution < 1.29 is 23.7 Å². The molecule has 0 saturated carbocycles. The highest BCUT2D eigenvalue weighted by molar-refractivity contribution is 5.86. The molecule has 0 atom stereocenters. The second kappa shape index (κ2) is 12.7. The standard InChI is InChI=1S/C31H34N6O5/c1-39-28-4-3-24-16-29(28)42-12-9-36(21-25-17-34-27(18-33-25)31(38)40-2)20-23-13-22(19-35-7-10-41-11-8-35)14-26(15-23)37-6-5-32-30(24)37/h3-6,13-18H,7-12,19-21H2,1-2H3. The lowest BCUT2D eigenvalue weighted by Gasteiger charge is -2.27. The van der Waals surface area contributed by atoms with Gasteiger partial charge in [-0.15, -0.1) is 0 Å². The van der Waals surface area contributed by atoms with Crippen molar-refractivity contribution in [2.75, 3.05) is 53.7 Å². The van der Waals surface area contributed by atoms with Crippen molar-refractivity contribution in [2.24, 2.45) is 0 Å². The number of hydrogen-bond donors (Lipinski definition) is 0. The number of ether oxygens (including phenoxy) is 4. The van der Waals surface area contributed by atoms with Crippen LogP contribution in [-0.2, 0) is 29.1 Å². The minimum atomic E-state index is -0.510. The number of fused-ring (bicyclic) bond motifs is 7. The smallest absolute Gasteiger partial charge is 0.358 e. The predicted octanol–water partition coefficient (Wildman–Crippen LogP) is 3.35. The van der Waals surface area contributed by atoms with Crippen molar-refractivity contribution in [1.29, 1.82) is 0 Å². The molecule has 0 amide bonds. The first kappa shape index (κ1) is 27.8. The molecule has 2 aromatic carbocycles. The van der Waals surface area contributed by atoms with Gasteiger partial charge in [0.25, 0.3) is 0 Å². The van der Waals surface area contributed by atoms with E-state index in [4.69, 9.17) is 23.9 Å². The highest BCUT2D eigenvalue weighted by atomic mass is 16.5. The lowest BCUT2D eigenvalue weighted by Crippen LogP contribution is -2.35. The summed E-state index contributed by atoms with van der Waals surface area (Å²) in [7, 11) is 2.97. The minimum absolute atomic E-state index is 0.179. The fourth-order valence-electron chi connectivity index (χ4n) is 5.37. The van der Waals surface area contributed by atoms with Crippen molar-refractivity contribution in [1.82, 2.24) is 29.3 Å². The van der Waals surface area contributed by atoms with E-state index in [1.807, 2.05) is 30.6 Å². The summed E-state index contributed by atoms with van der Waals surface area (Å²) >= 11 is 0. The van der Waals surface area contributed by atoms with Gasteiger partial charge in [0.05, 0.1) is 45.5 Å². The van der Waals surface area contributed by atoms with Crippen molar-refractivity contribution in [3.05, 3.63) is 83.7 Å². The Balaban J connectivity index is 1.38. The fourth-order valence-corrected chi connectivity index (χ4v) is 5.37. The number of methoxy groups -OCH3 is 2. The molecule has 0 aliphatic carbocycles. The number of aromatic nitrogens is 4. The van der Waals surface area contributed by atoms with Crippen LogP contribution >= 0.6 is 0 Å². The Labute approximate surface area is 244 Å². The third-order valence-corrected chi connectivity index (χ3v) is 7.44. The Morgan fingerprint density at radius 2 is 1.79 bits per heavy atom. The zero-order valence-corrected chi connectivity index (χ0v) is 23.9. The van der Waals surface area contributed by atoms with Crippen LogP contribution in [0.15, 0.2) is 61.2 Å². The second-order valence-corrected chi connectivity index (χ2v) is 10.3. The van der Waals surface area contributed by atoms with Crippen molar-refractivity contribution in [3.63, 3.8) is 0 Å². The van der Waals surface area contributed by atoms with Crippen molar-refractivity contribution in [2.45, 2.75) is 19.6 Å². The molecular weight excluding hydrogens is 536 g/mol. The maximum absolute atomic E-state index is 11.8. The minimum Gasteiger partial charge on any atom is -0.493 e. The van der Waals surface area contributed by atoms with Crippen LogP contribution in [0.5, 0.6) is 11.5 Å². The quantitative estimate of drug-likeness (QED) is 0.321. The molecule has 2 aliphatic heterocycles. The molecule has 11 nitrogen and oxygen atoms in total. The largest absolute Gasteiger partial charge is 0.493 e. The molecule has 0 radical (unpaired) electrons. The average Bonchev–Trinajstić information content (AvgIpc) is 3.51. The number of carbonyl (C=O) groups excluding carboxylic acids is 1. The van der Waals surface area contributed by atoms with E-state index in [0.29, 0.717) is 37.7 Å². The fraction of sp³-hybridized carbons (Fsp3) is 0.355. The Morgan fingerprint density at radius 3 is 2.57 bits per heavy atom. The zero-order chi connectivity index (χ0) is 28.9. The summed E-state index contributed by atoms with van der Waals surface area (Å²) in [5.74, 6) is 1.64. The van der Waals surface area contributed by atoms with Gasteiger partial charge in [-0.2, -0.15) is 0 Å². The highest BCUT2D eigenvalue weighted by Crippen LogP contribution is 2.33. The van der Waals surface area contributed by atoms with Crippen LogP contribution in [0.1, 0.15) is 27.3 Å². The van der Waals surface area contributed by atoms with Gasteiger partial charge in [-0.3, -0.25) is 19.4 Å². The summed E-state index contributed by atoms with van der Waals surface area (Å²) < 4.78 is 24.3. The van der Waals surface area contributed by atoms with E-state index >= 15 is 0 Å². The SMILES string of the molecule is COC(=O)c1cnc(CN2CCOc3cc(ccc3OC)-c3nccn3-c3cc(CN4CCOCC4)cc(c3)C2)cn1. The van der Waals surface area contributed by atoms with E-state index in [1.165, 1.54) is 18.9 Å². The van der Waals surface area contributed by atoms with E-state index < -0.39 is 5.97 Å². The van der Waals surface area contributed by atoms with Gasteiger partial charge in [-0.05, 0) is 41.5 Å². The summed E-state index contributed by atoms with van der Waals surface area (Å²) in [6, 6.07) is 12.6. The third kappa shape index (κ3) is 6.28. The summed E-state index contributed by atoms with van der Waals surface area (Å²) in [6.45, 7) is 6.40. The van der Waals surface area contributed by atoms with Crippen molar-refractivity contribution in [3.8, 4) is 28.6 Å². The molecule has 4 bridgehead atoms. The van der Waals surface area contributed by atoms with Gasteiger partial charge < -0.3 is 18.9 Å². The maximum Gasteiger partial charge on any atom is 0.358 e. The molecule has 0 spiro atoms. The predicted molar refractivity (Wildman–Crippen MR) is 155 cm³/mol. The highest BCUT2D eigenvalue weighted by Gasteiger charge is 2.19. The second-order valence-electron chi connectivity index (χ2n) is 10.3. The molecule has 1 fully saturated rings. The first-order valence-corrected chi connectivity index (χ1v) is 14.0. The number of morpholine rings is 1. The molecule has 4 heterocycles. The summed E-state index contributed by atoms with van der Waals surface area (Å²) in [4.78, 5) is 30.0. The van der Waals surface area contributed by atoms with Gasteiger partial charge >= 0.3 is 5.97 Å². The summed E-state index contributed by atoms with van der Waals surface area (Å²) in [6.07, 6.45) is 6.89. The van der Waals surface area contributed by atoms with Crippen LogP contribution in [0.3, 0.4) is 0 Å². The molecule has 4 aromatic rings. The number of hydrogen-bond acceptors (Lipinski definition) is 10. The molecule has 218 valence electrons. The molecule has 0 N–H and O–H groups in total. The molecule has 2 aromatic heterocycles. The van der Waals surface area contributed by atoms with E-state index in [1.54, 1.807) is 13.3 Å². The van der Waals surface area contributed by atoms with Crippen LogP contribution in [0.25, 0.3) is 17.1 Å². The average molecular weight is 571 g/mol. The number of rotatable bonds is 6. The molecule has 1 saturated heterocycles. The van der Waals surface area contributed by atoms with Crippen LogP contribution in [0, 0.1) is 0 Å².